The number of hydrogen-bond donors (Lipinski definition) is 3. The fourth-order valence-corrected chi connectivity index (χ4v) is 3.70. The van der Waals surface area contributed by atoms with Crippen molar-refractivity contribution in [3.8, 4) is 22.8 Å². The molecule has 0 saturated heterocycles. The van der Waals surface area contributed by atoms with E-state index in [4.69, 9.17) is 25.9 Å². The molecule has 9 nitrogen and oxygen atoms in total. The van der Waals surface area contributed by atoms with Crippen LogP contribution in [0.4, 0.5) is 15.9 Å². The van der Waals surface area contributed by atoms with Gasteiger partial charge in [-0.05, 0) is 56.2 Å². The van der Waals surface area contributed by atoms with Gasteiger partial charge in [-0.15, -0.1) is 0 Å². The fraction of sp³-hybridized carbons (Fsp3) is 0.192. The van der Waals surface area contributed by atoms with Gasteiger partial charge in [0.1, 0.15) is 40.5 Å². The minimum atomic E-state index is -0.832. The number of anilines is 2. The van der Waals surface area contributed by atoms with Gasteiger partial charge in [-0.2, -0.15) is 0 Å². The van der Waals surface area contributed by atoms with Crippen molar-refractivity contribution >= 4 is 29.0 Å². The summed E-state index contributed by atoms with van der Waals surface area (Å²) in [7, 11) is 0. The molecule has 1 amide bonds. The molecule has 2 aromatic carbocycles. The Morgan fingerprint density at radius 1 is 1.14 bits per heavy atom. The van der Waals surface area contributed by atoms with Gasteiger partial charge in [0.05, 0.1) is 0 Å². The lowest BCUT2D eigenvalue weighted by Crippen LogP contribution is -2.30. The number of hydrogen-bond acceptors (Lipinski definition) is 7. The summed E-state index contributed by atoms with van der Waals surface area (Å²) in [6, 6.07) is 12.5. The molecular weight excluding hydrogens is 465 g/mol. The van der Waals surface area contributed by atoms with Crippen LogP contribution >= 0.6 is 0 Å². The summed E-state index contributed by atoms with van der Waals surface area (Å²) < 4.78 is 26.8. The summed E-state index contributed by atoms with van der Waals surface area (Å²) in [6.07, 6.45) is 1.32. The predicted molar refractivity (Wildman–Crippen MR) is 134 cm³/mol. The number of aryl methyl sites for hydroxylation is 2. The second-order valence-electron chi connectivity index (χ2n) is 8.40. The first kappa shape index (κ1) is 24.7. The molecule has 0 radical (unpaired) electrons. The lowest BCUT2D eigenvalue weighted by molar-refractivity contribution is -0.135. The Morgan fingerprint density at radius 3 is 2.53 bits per heavy atom. The molecule has 0 aliphatic rings. The quantitative estimate of drug-likeness (QED) is 0.253. The number of nitrogens with one attached hydrogen (secondary N) is 1. The van der Waals surface area contributed by atoms with Crippen molar-refractivity contribution in [3.05, 3.63) is 71.7 Å². The Labute approximate surface area is 206 Å². The molecule has 2 heterocycles. The van der Waals surface area contributed by atoms with Crippen LogP contribution in [-0.2, 0) is 9.59 Å². The number of fused-ring (bicyclic) bond motifs is 1. The number of esters is 1. The predicted octanol–water partition coefficient (Wildman–Crippen LogP) is 3.62. The van der Waals surface area contributed by atoms with E-state index in [2.05, 4.69) is 5.32 Å². The fourth-order valence-electron chi connectivity index (χ4n) is 3.70. The maximum absolute atomic E-state index is 14.2. The molecule has 2 aromatic heterocycles. The molecule has 36 heavy (non-hydrogen) atoms. The van der Waals surface area contributed by atoms with Gasteiger partial charge in [-0.1, -0.05) is 18.2 Å². The van der Waals surface area contributed by atoms with Crippen LogP contribution in [0.2, 0.25) is 0 Å². The van der Waals surface area contributed by atoms with Crippen molar-refractivity contribution in [3.63, 3.8) is 0 Å². The SMILES string of the molecule is Cc1cccc(C)c1Nc1c(-c2ccc(OC(=O)C(C)N)cc2OCC(N)=O)nc2ccc(F)cn12. The van der Waals surface area contributed by atoms with Crippen LogP contribution in [0.25, 0.3) is 16.9 Å². The summed E-state index contributed by atoms with van der Waals surface area (Å²) in [6.45, 7) is 5.01. The number of aromatic nitrogens is 2. The monoisotopic (exact) mass is 491 g/mol. The molecule has 4 rings (SSSR count). The summed E-state index contributed by atoms with van der Waals surface area (Å²) in [5.74, 6) is -0.934. The van der Waals surface area contributed by atoms with Crippen molar-refractivity contribution < 1.29 is 23.5 Å². The number of benzene rings is 2. The zero-order valence-electron chi connectivity index (χ0n) is 20.0. The Kier molecular flexibility index (Phi) is 6.89. The number of carbonyl (C=O) groups excluding carboxylic acids is 2. The van der Waals surface area contributed by atoms with Crippen molar-refractivity contribution in [1.29, 1.82) is 0 Å². The number of para-hydroxylation sites is 1. The second-order valence-corrected chi connectivity index (χ2v) is 8.40. The second kappa shape index (κ2) is 10.0. The van der Waals surface area contributed by atoms with Crippen LogP contribution in [0.15, 0.2) is 54.7 Å². The number of halogens is 1. The van der Waals surface area contributed by atoms with Crippen LogP contribution in [0.1, 0.15) is 18.1 Å². The molecule has 0 bridgehead atoms. The molecule has 0 aliphatic carbocycles. The highest BCUT2D eigenvalue weighted by molar-refractivity contribution is 5.85. The molecule has 10 heteroatoms. The summed E-state index contributed by atoms with van der Waals surface area (Å²) >= 11 is 0. The lowest BCUT2D eigenvalue weighted by atomic mass is 10.1. The molecule has 1 unspecified atom stereocenters. The number of nitrogens with zero attached hydrogens (tertiary/aromatic N) is 2. The highest BCUT2D eigenvalue weighted by Crippen LogP contribution is 2.39. The molecule has 5 N–H and O–H groups in total. The molecule has 0 fully saturated rings. The normalized spacial score (nSPS) is 11.8. The van der Waals surface area contributed by atoms with Gasteiger partial charge in [0.25, 0.3) is 5.91 Å². The Bertz CT molecular complexity index is 1440. The average molecular weight is 492 g/mol. The van der Waals surface area contributed by atoms with E-state index in [-0.39, 0.29) is 11.5 Å². The summed E-state index contributed by atoms with van der Waals surface area (Å²) in [5, 5.41) is 3.40. The molecule has 0 saturated carbocycles. The minimum Gasteiger partial charge on any atom is -0.483 e. The van der Waals surface area contributed by atoms with Crippen LogP contribution in [-0.4, -0.2) is 33.9 Å². The van der Waals surface area contributed by atoms with Crippen LogP contribution < -0.4 is 26.3 Å². The van der Waals surface area contributed by atoms with E-state index in [1.165, 1.54) is 25.3 Å². The highest BCUT2D eigenvalue weighted by atomic mass is 19.1. The molecule has 4 aromatic rings. The van der Waals surface area contributed by atoms with E-state index in [9.17, 15) is 14.0 Å². The minimum absolute atomic E-state index is 0.166. The Morgan fingerprint density at radius 2 is 1.86 bits per heavy atom. The number of primary amides is 1. The van der Waals surface area contributed by atoms with E-state index in [0.717, 1.165) is 16.8 Å². The first-order chi connectivity index (χ1) is 17.1. The van der Waals surface area contributed by atoms with Crippen molar-refractivity contribution in [2.75, 3.05) is 11.9 Å². The van der Waals surface area contributed by atoms with Gasteiger partial charge in [0.15, 0.2) is 6.61 Å². The molecule has 0 spiro atoms. The van der Waals surface area contributed by atoms with Gasteiger partial charge in [0, 0.05) is 23.5 Å². The topological polar surface area (TPSA) is 134 Å². The number of nitrogens with two attached hydrogens (primary N) is 2. The van der Waals surface area contributed by atoms with E-state index in [1.54, 1.807) is 22.6 Å². The van der Waals surface area contributed by atoms with Crippen molar-refractivity contribution in [2.45, 2.75) is 26.8 Å². The highest BCUT2D eigenvalue weighted by Gasteiger charge is 2.21. The number of ether oxygens (including phenoxy) is 2. The third-order valence-electron chi connectivity index (χ3n) is 5.48. The third kappa shape index (κ3) is 5.13. The molecule has 186 valence electrons. The van der Waals surface area contributed by atoms with Gasteiger partial charge in [-0.25, -0.2) is 14.2 Å². The van der Waals surface area contributed by atoms with Crippen molar-refractivity contribution in [1.82, 2.24) is 9.38 Å². The van der Waals surface area contributed by atoms with E-state index < -0.39 is 30.3 Å². The van der Waals surface area contributed by atoms with Gasteiger partial charge in [0.2, 0.25) is 0 Å². The van der Waals surface area contributed by atoms with E-state index in [1.807, 2.05) is 32.0 Å². The number of imidazole rings is 1. The van der Waals surface area contributed by atoms with Crippen LogP contribution in [0, 0.1) is 19.7 Å². The largest absolute Gasteiger partial charge is 0.483 e. The zero-order chi connectivity index (χ0) is 26.0. The number of carbonyl (C=O) groups is 2. The van der Waals surface area contributed by atoms with E-state index in [0.29, 0.717) is 22.7 Å². The van der Waals surface area contributed by atoms with Crippen LogP contribution in [0.5, 0.6) is 11.5 Å². The first-order valence-electron chi connectivity index (χ1n) is 11.2. The maximum atomic E-state index is 14.2. The third-order valence-corrected chi connectivity index (χ3v) is 5.48. The Balaban J connectivity index is 1.89. The first-order valence-corrected chi connectivity index (χ1v) is 11.2. The van der Waals surface area contributed by atoms with Crippen LogP contribution in [0.3, 0.4) is 0 Å². The zero-order valence-corrected chi connectivity index (χ0v) is 20.0. The van der Waals surface area contributed by atoms with E-state index >= 15 is 0 Å². The molecule has 1 atom stereocenters. The van der Waals surface area contributed by atoms with Gasteiger partial charge < -0.3 is 26.3 Å². The average Bonchev–Trinajstić information content (AvgIpc) is 3.17. The maximum Gasteiger partial charge on any atom is 0.328 e. The molecular formula is C26H26FN5O4. The van der Waals surface area contributed by atoms with Crippen molar-refractivity contribution in [2.24, 2.45) is 11.5 Å². The lowest BCUT2D eigenvalue weighted by Gasteiger charge is -2.16. The standard InChI is InChI=1S/C26H26FN5O4/c1-14-5-4-6-15(2)23(14)31-25-24(30-22-10-7-17(27)12-32(22)25)19-9-8-18(36-26(34)16(3)28)11-20(19)35-13-21(29)33/h4-12,16,31H,13,28H2,1-3H3,(H2,29,33). The number of pyridine rings is 1. The number of amides is 1. The Hall–Kier alpha value is -4.44. The van der Waals surface area contributed by atoms with Gasteiger partial charge in [-0.3, -0.25) is 9.20 Å². The molecule has 0 aliphatic heterocycles. The summed E-state index contributed by atoms with van der Waals surface area (Å²) in [5.41, 5.74) is 15.1. The smallest absolute Gasteiger partial charge is 0.328 e. The van der Waals surface area contributed by atoms with Gasteiger partial charge >= 0.3 is 5.97 Å². The number of rotatable bonds is 8. The summed E-state index contributed by atoms with van der Waals surface area (Å²) in [4.78, 5) is 28.1.